The molecule has 3 aromatic rings. The van der Waals surface area contributed by atoms with Gasteiger partial charge in [0, 0.05) is 40.3 Å². The number of rotatable bonds is 8. The summed E-state index contributed by atoms with van der Waals surface area (Å²) in [5, 5.41) is 55.0. The van der Waals surface area contributed by atoms with Gasteiger partial charge in [-0.25, -0.2) is 0 Å². The molecule has 316 valence electrons. The molecule has 3 aromatic carbocycles. The first kappa shape index (κ1) is 40.3. The van der Waals surface area contributed by atoms with Crippen molar-refractivity contribution < 1.29 is 63.7 Å². The highest BCUT2D eigenvalue weighted by atomic mass is 16.7. The van der Waals surface area contributed by atoms with E-state index in [9.17, 15) is 44.7 Å². The number of ketones is 2. The van der Waals surface area contributed by atoms with Crippen LogP contribution in [0.25, 0.3) is 0 Å². The Kier molecular flexibility index (Phi) is 10.4. The first-order valence-electron chi connectivity index (χ1n) is 19.8. The normalized spacial score (nSPS) is 27.2. The molecular weight excluding hydrogens is 794 g/mol. The highest BCUT2D eigenvalue weighted by Gasteiger charge is 2.56. The van der Waals surface area contributed by atoms with Crippen molar-refractivity contribution in [1.82, 2.24) is 0 Å². The molecule has 18 nitrogen and oxygen atoms in total. The van der Waals surface area contributed by atoms with Crippen molar-refractivity contribution in [2.45, 2.75) is 87.0 Å². The van der Waals surface area contributed by atoms with E-state index < -0.39 is 79.0 Å². The predicted molar refractivity (Wildman–Crippen MR) is 214 cm³/mol. The number of hydrogen-bond acceptors (Lipinski definition) is 17. The predicted octanol–water partition coefficient (Wildman–Crippen LogP) is 0.930. The van der Waals surface area contributed by atoms with Crippen molar-refractivity contribution in [2.75, 3.05) is 18.2 Å². The topological polar surface area (TPSA) is 273 Å². The number of aliphatic imine (C=N–C) groups is 3. The second kappa shape index (κ2) is 15.7. The number of hydrogen-bond donors (Lipinski definition) is 6. The number of aliphatic hydroxyl groups excluding tert-OH is 5. The summed E-state index contributed by atoms with van der Waals surface area (Å²) in [6.07, 6.45) is -4.18. The lowest BCUT2D eigenvalue weighted by molar-refractivity contribution is -0.304. The zero-order valence-electron chi connectivity index (χ0n) is 32.4. The van der Waals surface area contributed by atoms with Crippen molar-refractivity contribution in [1.29, 1.82) is 0 Å². The minimum atomic E-state index is -1.87. The molecule has 9 rings (SSSR count). The fourth-order valence-electron chi connectivity index (χ4n) is 9.00. The van der Waals surface area contributed by atoms with Crippen LogP contribution in [-0.4, -0.2) is 122 Å². The van der Waals surface area contributed by atoms with Crippen LogP contribution in [0.4, 0.5) is 5.69 Å². The van der Waals surface area contributed by atoms with Crippen LogP contribution in [0, 0.1) is 0 Å². The molecule has 1 spiro atoms. The van der Waals surface area contributed by atoms with E-state index in [2.05, 4.69) is 15.0 Å². The highest BCUT2D eigenvalue weighted by Crippen LogP contribution is 2.51. The maximum atomic E-state index is 14.7. The van der Waals surface area contributed by atoms with Crippen molar-refractivity contribution in [3.63, 3.8) is 0 Å². The number of nitrogens with zero attached hydrogens (tertiary/aromatic N) is 4. The molecule has 7 N–H and O–H groups in total. The lowest BCUT2D eigenvalue weighted by Gasteiger charge is -2.47. The third-order valence-corrected chi connectivity index (χ3v) is 12.0. The number of amides is 1. The monoisotopic (exact) mass is 835 g/mol. The standard InChI is InChI=1S/C43H41N5O13/c44-42-46-39-30(40(57)47-42)45-19-48(39)28-6-2-1-5-23(28)22-10-14-59-43(11-3-4-12-43)38-34(55)33(54)35(56)41(61-38)60-36-26(22)16-27-29(37(36)58-18-21(51)9-13-49)32(53)25-15-20(17-50)7-8-24(25)31(27)52/h1-2,5-8,10,13-16,21-22,33-35,38,41,50-51,54-56H,3-4,9,11-12,17-19H2,(H2,44,47,57)/b14-10-/t21-,22+,33-,34-,35+,38-,41+/m1/s1. The number of carbonyl (C=O) groups excluding carboxylic acids is 4. The van der Waals surface area contributed by atoms with Crippen LogP contribution in [0.5, 0.6) is 11.5 Å². The molecule has 4 aliphatic heterocycles. The van der Waals surface area contributed by atoms with Gasteiger partial charge in [-0.05, 0) is 67.2 Å². The Morgan fingerprint density at radius 3 is 2.51 bits per heavy atom. The van der Waals surface area contributed by atoms with Gasteiger partial charge < -0.3 is 59.9 Å². The van der Waals surface area contributed by atoms with Gasteiger partial charge in [0.05, 0.1) is 24.5 Å². The molecule has 6 aliphatic rings. The molecule has 7 atom stereocenters. The fourth-order valence-corrected chi connectivity index (χ4v) is 9.00. The smallest absolute Gasteiger partial charge is 0.302 e. The molecule has 2 fully saturated rings. The van der Waals surface area contributed by atoms with Crippen molar-refractivity contribution >= 4 is 47.0 Å². The first-order valence-corrected chi connectivity index (χ1v) is 19.8. The van der Waals surface area contributed by atoms with Gasteiger partial charge in [-0.2, -0.15) is 9.98 Å². The average molecular weight is 836 g/mol. The molecule has 0 radical (unpaired) electrons. The molecule has 1 saturated carbocycles. The zero-order valence-corrected chi connectivity index (χ0v) is 32.4. The Balaban J connectivity index is 1.31. The minimum Gasteiger partial charge on any atom is -0.492 e. The van der Waals surface area contributed by atoms with E-state index in [-0.39, 0.29) is 69.9 Å². The third-order valence-electron chi connectivity index (χ3n) is 12.0. The first-order chi connectivity index (χ1) is 29.4. The summed E-state index contributed by atoms with van der Waals surface area (Å²) in [6, 6.07) is 12.8. The summed E-state index contributed by atoms with van der Waals surface area (Å²) >= 11 is 0. The van der Waals surface area contributed by atoms with E-state index in [0.717, 1.165) is 0 Å². The molecule has 0 unspecified atom stereocenters. The summed E-state index contributed by atoms with van der Waals surface area (Å²) in [4.78, 5) is 67.7. The molecular formula is C43H41N5O13. The second-order valence-corrected chi connectivity index (χ2v) is 15.7. The molecule has 18 heteroatoms. The van der Waals surface area contributed by atoms with Gasteiger partial charge in [0.1, 0.15) is 49.6 Å². The van der Waals surface area contributed by atoms with Crippen molar-refractivity contribution in [3.8, 4) is 11.5 Å². The lowest BCUT2D eigenvalue weighted by Crippen LogP contribution is -2.65. The summed E-state index contributed by atoms with van der Waals surface area (Å²) < 4.78 is 25.8. The molecule has 2 aliphatic carbocycles. The molecule has 1 saturated heterocycles. The fraction of sp³-hybridized carbons (Fsp3) is 0.372. The number of nitrogens with two attached hydrogens (primary N) is 1. The number of amidine groups is 1. The Hall–Kier alpha value is -6.15. The van der Waals surface area contributed by atoms with Crippen LogP contribution < -0.4 is 20.1 Å². The van der Waals surface area contributed by atoms with Gasteiger partial charge in [0.15, 0.2) is 34.6 Å². The number of guanidine groups is 1. The number of allylic oxidation sites excluding steroid dienone is 1. The third kappa shape index (κ3) is 6.71. The van der Waals surface area contributed by atoms with E-state index in [1.54, 1.807) is 35.2 Å². The molecule has 0 aromatic heterocycles. The summed E-state index contributed by atoms with van der Waals surface area (Å²) in [5.41, 5.74) is 5.82. The van der Waals surface area contributed by atoms with E-state index in [1.807, 2.05) is 0 Å². The number of ether oxygens (including phenoxy) is 4. The van der Waals surface area contributed by atoms with Gasteiger partial charge >= 0.3 is 5.91 Å². The van der Waals surface area contributed by atoms with Crippen molar-refractivity contribution in [2.24, 2.45) is 20.7 Å². The minimum absolute atomic E-state index is 0.00137. The van der Waals surface area contributed by atoms with Crippen LogP contribution in [0.3, 0.4) is 0 Å². The Bertz CT molecular complexity index is 2480. The number of para-hydroxylation sites is 1. The number of aldehydes is 1. The van der Waals surface area contributed by atoms with Crippen LogP contribution >= 0.6 is 0 Å². The van der Waals surface area contributed by atoms with Crippen molar-refractivity contribution in [3.05, 3.63) is 99.8 Å². The van der Waals surface area contributed by atoms with E-state index in [1.165, 1.54) is 30.5 Å². The maximum absolute atomic E-state index is 14.7. The van der Waals surface area contributed by atoms with Gasteiger partial charge in [-0.15, -0.1) is 0 Å². The largest absolute Gasteiger partial charge is 0.492 e. The Labute approximate surface area is 347 Å². The van der Waals surface area contributed by atoms with E-state index in [0.29, 0.717) is 48.8 Å². The highest BCUT2D eigenvalue weighted by molar-refractivity contribution is 6.72. The summed E-state index contributed by atoms with van der Waals surface area (Å²) in [5.74, 6) is -3.67. The van der Waals surface area contributed by atoms with Crippen LogP contribution in [0.1, 0.15) is 86.6 Å². The van der Waals surface area contributed by atoms with E-state index in [4.69, 9.17) is 24.7 Å². The zero-order chi connectivity index (χ0) is 42.7. The molecule has 4 heterocycles. The Morgan fingerprint density at radius 2 is 1.74 bits per heavy atom. The number of anilines is 1. The van der Waals surface area contributed by atoms with E-state index >= 15 is 0 Å². The number of fused-ring (bicyclic) bond motifs is 7. The van der Waals surface area contributed by atoms with Gasteiger partial charge in [-0.1, -0.05) is 24.3 Å². The quantitative estimate of drug-likeness (QED) is 0.135. The number of benzene rings is 3. The SMILES string of the molecule is NC1=NC(=O)C2=NCN(c3ccccc3[C@@H]3/C=C\OC4(CCCC4)[C@@H]4O[C@H](Oc5c3cc3c(c5OC[C@H](O)CC=O)C(=O)c5cc(CO)ccc5C3=O)[C@@H](O)[C@H](O)[C@H]4O)C2=N1. The maximum Gasteiger partial charge on any atom is 0.302 e. The second-order valence-electron chi connectivity index (χ2n) is 15.7. The van der Waals surface area contributed by atoms with Crippen LogP contribution in [0.15, 0.2) is 75.8 Å². The van der Waals surface area contributed by atoms with Gasteiger partial charge in [0.25, 0.3) is 0 Å². The van der Waals surface area contributed by atoms with Crippen LogP contribution in [-0.2, 0) is 25.7 Å². The summed E-state index contributed by atoms with van der Waals surface area (Å²) in [6.45, 7) is -1.05. The number of carbonyl (C=O) groups is 4. The molecule has 1 amide bonds. The Morgan fingerprint density at radius 1 is 0.951 bits per heavy atom. The summed E-state index contributed by atoms with van der Waals surface area (Å²) in [7, 11) is 0. The molecule has 2 bridgehead atoms. The molecule has 61 heavy (non-hydrogen) atoms. The number of aliphatic hydroxyl groups is 5. The van der Waals surface area contributed by atoms with Crippen LogP contribution in [0.2, 0.25) is 0 Å². The van der Waals surface area contributed by atoms with Gasteiger partial charge in [-0.3, -0.25) is 19.4 Å². The average Bonchev–Trinajstić information content (AvgIpc) is 3.91. The van der Waals surface area contributed by atoms with Gasteiger partial charge in [0.2, 0.25) is 12.2 Å². The lowest BCUT2D eigenvalue weighted by atomic mass is 9.79.